The largest absolute Gasteiger partial charge is 0.453 e. The molecule has 0 radical (unpaired) electrons. The van der Waals surface area contributed by atoms with Crippen molar-refractivity contribution in [2.45, 2.75) is 26.3 Å². The zero-order chi connectivity index (χ0) is 22.2. The number of H-pyrrole nitrogens is 1. The third kappa shape index (κ3) is 3.91. The molecule has 1 saturated heterocycles. The lowest BCUT2D eigenvalue weighted by Gasteiger charge is -2.35. The van der Waals surface area contributed by atoms with E-state index in [1.165, 1.54) is 5.69 Å². The van der Waals surface area contributed by atoms with E-state index in [4.69, 9.17) is 16.3 Å². The zero-order valence-corrected chi connectivity index (χ0v) is 19.1. The summed E-state index contributed by atoms with van der Waals surface area (Å²) in [5.74, 6) is 1.90. The van der Waals surface area contributed by atoms with Crippen LogP contribution in [-0.2, 0) is 7.05 Å². The van der Waals surface area contributed by atoms with Gasteiger partial charge in [-0.2, -0.15) is 5.10 Å². The minimum atomic E-state index is 0.424. The molecule has 1 aliphatic rings. The average Bonchev–Trinajstić information content (AvgIpc) is 3.38. The summed E-state index contributed by atoms with van der Waals surface area (Å²) in [4.78, 5) is 14.7. The molecule has 9 heteroatoms. The second-order valence-corrected chi connectivity index (χ2v) is 8.53. The van der Waals surface area contributed by atoms with E-state index in [2.05, 4.69) is 49.3 Å². The van der Waals surface area contributed by atoms with Crippen LogP contribution in [0.1, 0.15) is 19.0 Å². The van der Waals surface area contributed by atoms with Crippen LogP contribution in [0.15, 0.2) is 36.7 Å². The summed E-state index contributed by atoms with van der Waals surface area (Å²) in [5, 5.41) is 8.37. The highest BCUT2D eigenvalue weighted by molar-refractivity contribution is 6.32. The molecule has 1 fully saturated rings. The summed E-state index contributed by atoms with van der Waals surface area (Å²) in [7, 11) is 1.88. The van der Waals surface area contributed by atoms with Gasteiger partial charge in [0.05, 0.1) is 17.5 Å². The highest BCUT2D eigenvalue weighted by Gasteiger charge is 2.19. The first-order valence-corrected chi connectivity index (χ1v) is 11.2. The van der Waals surface area contributed by atoms with Crippen LogP contribution in [0, 0.1) is 6.92 Å². The smallest absolute Gasteiger partial charge is 0.182 e. The molecule has 0 bridgehead atoms. The molecule has 0 amide bonds. The van der Waals surface area contributed by atoms with Gasteiger partial charge in [0, 0.05) is 44.6 Å². The number of piperazine rings is 1. The number of hydrogen-bond donors (Lipinski definition) is 2. The van der Waals surface area contributed by atoms with E-state index in [9.17, 15) is 0 Å². The second kappa shape index (κ2) is 8.44. The van der Waals surface area contributed by atoms with Crippen LogP contribution in [0.5, 0.6) is 11.5 Å². The summed E-state index contributed by atoms with van der Waals surface area (Å²) in [5.41, 5.74) is 4.20. The Morgan fingerprint density at radius 1 is 1.25 bits per heavy atom. The number of anilines is 1. The third-order valence-corrected chi connectivity index (χ3v) is 6.14. The maximum atomic E-state index is 6.46. The van der Waals surface area contributed by atoms with Gasteiger partial charge in [-0.15, -0.1) is 0 Å². The van der Waals surface area contributed by atoms with Crippen molar-refractivity contribution in [1.82, 2.24) is 30.0 Å². The zero-order valence-electron chi connectivity index (χ0n) is 18.4. The highest BCUT2D eigenvalue weighted by atomic mass is 35.5. The fourth-order valence-corrected chi connectivity index (χ4v) is 4.33. The molecule has 1 atom stereocenters. The van der Waals surface area contributed by atoms with E-state index in [0.717, 1.165) is 37.3 Å². The summed E-state index contributed by atoms with van der Waals surface area (Å²) >= 11 is 6.46. The van der Waals surface area contributed by atoms with Gasteiger partial charge in [0.15, 0.2) is 11.4 Å². The molecule has 32 heavy (non-hydrogen) atoms. The van der Waals surface area contributed by atoms with Crippen molar-refractivity contribution in [2.24, 2.45) is 7.05 Å². The summed E-state index contributed by atoms with van der Waals surface area (Å²) in [6.07, 6.45) is 4.62. The van der Waals surface area contributed by atoms with Crippen molar-refractivity contribution in [2.75, 3.05) is 24.5 Å². The van der Waals surface area contributed by atoms with Crippen molar-refractivity contribution in [1.29, 1.82) is 0 Å². The maximum absolute atomic E-state index is 6.46. The van der Waals surface area contributed by atoms with Gasteiger partial charge in [0.25, 0.3) is 0 Å². The molecule has 1 aromatic carbocycles. The lowest BCUT2D eigenvalue weighted by Crippen LogP contribution is -2.50. The molecule has 0 unspecified atom stereocenters. The molecule has 4 heterocycles. The molecule has 1 aliphatic heterocycles. The Kier molecular flexibility index (Phi) is 5.48. The van der Waals surface area contributed by atoms with Gasteiger partial charge >= 0.3 is 0 Å². The van der Waals surface area contributed by atoms with E-state index in [1.54, 1.807) is 10.9 Å². The molecule has 3 aromatic heterocycles. The highest BCUT2D eigenvalue weighted by Crippen LogP contribution is 2.36. The molecule has 4 aromatic rings. The molecule has 0 aliphatic carbocycles. The molecule has 0 spiro atoms. The topological polar surface area (TPSA) is 83.9 Å². The van der Waals surface area contributed by atoms with Crippen LogP contribution < -0.4 is 15.0 Å². The number of nitrogens with one attached hydrogen (secondary N) is 2. The first-order valence-electron chi connectivity index (χ1n) is 10.8. The van der Waals surface area contributed by atoms with Crippen LogP contribution >= 0.6 is 11.6 Å². The number of hydrogen-bond acceptors (Lipinski definition) is 6. The van der Waals surface area contributed by atoms with Gasteiger partial charge in [0.2, 0.25) is 0 Å². The van der Waals surface area contributed by atoms with E-state index in [-0.39, 0.29) is 0 Å². The van der Waals surface area contributed by atoms with Gasteiger partial charge in [0.1, 0.15) is 22.1 Å². The van der Waals surface area contributed by atoms with E-state index in [0.29, 0.717) is 39.6 Å². The normalized spacial score (nSPS) is 16.6. The van der Waals surface area contributed by atoms with Gasteiger partial charge in [-0.25, -0.2) is 9.97 Å². The van der Waals surface area contributed by atoms with Crippen LogP contribution in [0.3, 0.4) is 0 Å². The summed E-state index contributed by atoms with van der Waals surface area (Å²) < 4.78 is 7.96. The number of halogens is 1. The second-order valence-electron chi connectivity index (χ2n) is 8.12. The minimum absolute atomic E-state index is 0.424. The Bertz CT molecular complexity index is 1250. The SMILES string of the molecule is CC[C@H]1CN(c2ccc(Oc3c(Cl)cnc4nc(-c5cn(C)nc5C)[nH]c34)cc2)CCN1. The lowest BCUT2D eigenvalue weighted by atomic mass is 10.1. The molecule has 0 saturated carbocycles. The fourth-order valence-electron chi connectivity index (χ4n) is 4.15. The quantitative estimate of drug-likeness (QED) is 0.470. The van der Waals surface area contributed by atoms with Crippen molar-refractivity contribution in [3.05, 3.63) is 47.4 Å². The average molecular weight is 452 g/mol. The molecular formula is C23H26ClN7O. The van der Waals surface area contributed by atoms with Crippen molar-refractivity contribution in [3.8, 4) is 22.9 Å². The molecular weight excluding hydrogens is 426 g/mol. The fraction of sp³-hybridized carbons (Fsp3) is 0.348. The summed E-state index contributed by atoms with van der Waals surface area (Å²) in [6.45, 7) is 7.17. The maximum Gasteiger partial charge on any atom is 0.182 e. The first-order chi connectivity index (χ1) is 15.5. The van der Waals surface area contributed by atoms with Crippen LogP contribution in [-0.4, -0.2) is 50.4 Å². The van der Waals surface area contributed by atoms with Crippen LogP contribution in [0.25, 0.3) is 22.6 Å². The Morgan fingerprint density at radius 2 is 2.06 bits per heavy atom. The van der Waals surface area contributed by atoms with Crippen molar-refractivity contribution in [3.63, 3.8) is 0 Å². The molecule has 8 nitrogen and oxygen atoms in total. The number of fused-ring (bicyclic) bond motifs is 1. The number of rotatable bonds is 5. The molecule has 2 N–H and O–H groups in total. The van der Waals surface area contributed by atoms with Gasteiger partial charge in [-0.1, -0.05) is 18.5 Å². The van der Waals surface area contributed by atoms with Crippen LogP contribution in [0.4, 0.5) is 5.69 Å². The van der Waals surface area contributed by atoms with Gasteiger partial charge < -0.3 is 19.9 Å². The van der Waals surface area contributed by atoms with Gasteiger partial charge in [-0.05, 0) is 37.6 Å². The monoisotopic (exact) mass is 451 g/mol. The minimum Gasteiger partial charge on any atom is -0.453 e. The number of ether oxygens (including phenoxy) is 1. The Morgan fingerprint density at radius 3 is 2.78 bits per heavy atom. The predicted molar refractivity (Wildman–Crippen MR) is 127 cm³/mol. The number of pyridine rings is 1. The summed E-state index contributed by atoms with van der Waals surface area (Å²) in [6, 6.07) is 8.67. The number of imidazole rings is 1. The third-order valence-electron chi connectivity index (χ3n) is 5.87. The number of aromatic nitrogens is 5. The first kappa shape index (κ1) is 20.8. The Hall–Kier alpha value is -3.10. The van der Waals surface area contributed by atoms with E-state index in [1.807, 2.05) is 32.3 Å². The number of nitrogens with zero attached hydrogens (tertiary/aromatic N) is 5. The number of aromatic amines is 1. The predicted octanol–water partition coefficient (Wildman–Crippen LogP) is 4.30. The van der Waals surface area contributed by atoms with Gasteiger partial charge in [-0.3, -0.25) is 4.68 Å². The van der Waals surface area contributed by atoms with Crippen molar-refractivity contribution < 1.29 is 4.74 Å². The van der Waals surface area contributed by atoms with Crippen LogP contribution in [0.2, 0.25) is 5.02 Å². The Balaban J connectivity index is 1.42. The van der Waals surface area contributed by atoms with E-state index < -0.39 is 0 Å². The lowest BCUT2D eigenvalue weighted by molar-refractivity contribution is 0.446. The number of aryl methyl sites for hydroxylation is 2. The Labute approximate surface area is 191 Å². The number of benzene rings is 1. The molecule has 5 rings (SSSR count). The van der Waals surface area contributed by atoms with Crippen molar-refractivity contribution >= 4 is 28.5 Å². The standard InChI is InChI=1S/C23H26ClN7O/c1-4-15-12-31(10-9-25-15)16-5-7-17(8-6-16)32-21-19(24)11-26-23-20(21)27-22(28-23)18-13-30(3)29-14(18)2/h5-8,11,13,15,25H,4,9-10,12H2,1-3H3,(H,26,27,28)/t15-/m0/s1. The molecule has 166 valence electrons. The van der Waals surface area contributed by atoms with E-state index >= 15 is 0 Å².